The van der Waals surface area contributed by atoms with Gasteiger partial charge < -0.3 is 19.0 Å². The predicted octanol–water partition coefficient (Wildman–Crippen LogP) is 3.86. The average molecular weight is 367 g/mol. The van der Waals surface area contributed by atoms with Crippen molar-refractivity contribution in [3.05, 3.63) is 59.7 Å². The minimum Gasteiger partial charge on any atom is -0.491 e. The zero-order chi connectivity index (χ0) is 19.2. The monoisotopic (exact) mass is 367 g/mol. The lowest BCUT2D eigenvalue weighted by Gasteiger charge is -2.15. The van der Waals surface area contributed by atoms with E-state index < -0.39 is 6.10 Å². The first-order chi connectivity index (χ1) is 13.1. The molecule has 0 aliphatic carbocycles. The second-order valence-electron chi connectivity index (χ2n) is 7.01. The molecule has 2 N–H and O–H groups in total. The molecule has 1 heterocycles. The van der Waals surface area contributed by atoms with Gasteiger partial charge in [0.1, 0.15) is 18.5 Å². The van der Waals surface area contributed by atoms with Gasteiger partial charge in [0.25, 0.3) is 0 Å². The van der Waals surface area contributed by atoms with Gasteiger partial charge in [-0.25, -0.2) is 0 Å². The van der Waals surface area contributed by atoms with Crippen LogP contribution in [0.4, 0.5) is 0 Å². The minimum atomic E-state index is -0.686. The molecular formula is C22H29N3O2. The first-order valence-electron chi connectivity index (χ1n) is 9.71. The predicted molar refractivity (Wildman–Crippen MR) is 108 cm³/mol. The number of benzene rings is 2. The van der Waals surface area contributed by atoms with E-state index in [1.165, 1.54) is 0 Å². The number of hydrogen-bond donors (Lipinski definition) is 2. The third kappa shape index (κ3) is 4.42. The Kier molecular flexibility index (Phi) is 6.35. The zero-order valence-corrected chi connectivity index (χ0v) is 16.2. The summed E-state index contributed by atoms with van der Waals surface area (Å²) in [6, 6.07) is 15.8. The molecule has 0 saturated carbocycles. The van der Waals surface area contributed by atoms with Gasteiger partial charge >= 0.3 is 0 Å². The summed E-state index contributed by atoms with van der Waals surface area (Å²) in [6.45, 7) is 5.54. The molecule has 2 aromatic carbocycles. The molecule has 5 nitrogen and oxygen atoms in total. The maximum Gasteiger partial charge on any atom is 0.203 e. The van der Waals surface area contributed by atoms with Crippen molar-refractivity contribution < 1.29 is 9.84 Å². The van der Waals surface area contributed by atoms with Crippen molar-refractivity contribution in [2.75, 3.05) is 6.61 Å². The molecule has 27 heavy (non-hydrogen) atoms. The Labute approximate surface area is 160 Å². The highest BCUT2D eigenvalue weighted by molar-refractivity contribution is 5.75. The smallest absolute Gasteiger partial charge is 0.203 e. The lowest BCUT2D eigenvalue weighted by molar-refractivity contribution is 0.0917. The number of aryl methyl sites for hydroxylation is 2. The standard InChI is InChI=1S/C22H29N3O2/c1-3-4-9-14-24-19-11-6-7-12-20(19)25(22(24)23)15-18(26)16-27-21-13-8-5-10-17(21)2/h5-8,10-13,18,23,26H,3-4,9,14-16H2,1-2H3. The average Bonchev–Trinajstić information content (AvgIpc) is 2.93. The fourth-order valence-corrected chi connectivity index (χ4v) is 3.39. The summed E-state index contributed by atoms with van der Waals surface area (Å²) in [5.41, 5.74) is 3.51. The fraction of sp³-hybridized carbons (Fsp3) is 0.409. The van der Waals surface area contributed by atoms with E-state index in [9.17, 15) is 5.11 Å². The van der Waals surface area contributed by atoms with E-state index in [2.05, 4.69) is 6.92 Å². The molecule has 144 valence electrons. The summed E-state index contributed by atoms with van der Waals surface area (Å²) in [6.07, 6.45) is 2.67. The molecule has 0 bridgehead atoms. The van der Waals surface area contributed by atoms with Crippen LogP contribution in [0.3, 0.4) is 0 Å². The van der Waals surface area contributed by atoms with Gasteiger partial charge in [-0.2, -0.15) is 0 Å². The van der Waals surface area contributed by atoms with Crippen molar-refractivity contribution in [2.24, 2.45) is 0 Å². The Bertz CT molecular complexity index is 942. The summed E-state index contributed by atoms with van der Waals surface area (Å²) in [5.74, 6) is 0.787. The summed E-state index contributed by atoms with van der Waals surface area (Å²) in [5, 5.41) is 19.1. The first kappa shape index (κ1) is 19.2. The number of hydrogen-bond acceptors (Lipinski definition) is 3. The Morgan fingerprint density at radius 2 is 1.67 bits per heavy atom. The van der Waals surface area contributed by atoms with Crippen LogP contribution in [0, 0.1) is 12.3 Å². The Morgan fingerprint density at radius 1 is 1.00 bits per heavy atom. The van der Waals surface area contributed by atoms with Crippen molar-refractivity contribution in [1.29, 1.82) is 5.41 Å². The molecule has 3 rings (SSSR count). The first-order valence-corrected chi connectivity index (χ1v) is 9.71. The van der Waals surface area contributed by atoms with Crippen molar-refractivity contribution in [3.63, 3.8) is 0 Å². The maximum absolute atomic E-state index is 10.5. The molecule has 1 atom stereocenters. The fourth-order valence-electron chi connectivity index (χ4n) is 3.39. The van der Waals surface area contributed by atoms with Crippen LogP contribution in [-0.4, -0.2) is 27.0 Å². The van der Waals surface area contributed by atoms with Crippen LogP contribution in [0.25, 0.3) is 11.0 Å². The summed E-state index contributed by atoms with van der Waals surface area (Å²) >= 11 is 0. The molecule has 0 aliphatic rings. The number of fused-ring (bicyclic) bond motifs is 1. The van der Waals surface area contributed by atoms with Crippen molar-refractivity contribution in [2.45, 2.75) is 52.3 Å². The van der Waals surface area contributed by atoms with E-state index in [1.807, 2.05) is 64.6 Å². The van der Waals surface area contributed by atoms with Crippen molar-refractivity contribution >= 4 is 11.0 Å². The van der Waals surface area contributed by atoms with Gasteiger partial charge in [-0.05, 0) is 37.1 Å². The molecule has 0 radical (unpaired) electrons. The molecule has 5 heteroatoms. The van der Waals surface area contributed by atoms with Gasteiger partial charge in [-0.15, -0.1) is 0 Å². The Morgan fingerprint density at radius 3 is 2.37 bits per heavy atom. The maximum atomic E-state index is 10.5. The molecule has 3 aromatic rings. The van der Waals surface area contributed by atoms with Crippen LogP contribution in [0.2, 0.25) is 0 Å². The van der Waals surface area contributed by atoms with Gasteiger partial charge in [0.15, 0.2) is 0 Å². The molecular weight excluding hydrogens is 338 g/mol. The van der Waals surface area contributed by atoms with E-state index in [1.54, 1.807) is 0 Å². The number of aliphatic hydroxyl groups excluding tert-OH is 1. The Hall–Kier alpha value is -2.53. The van der Waals surface area contributed by atoms with Crippen LogP contribution >= 0.6 is 0 Å². The number of para-hydroxylation sites is 3. The molecule has 1 unspecified atom stereocenters. The summed E-state index contributed by atoms with van der Waals surface area (Å²) in [4.78, 5) is 0. The number of aliphatic hydroxyl groups is 1. The van der Waals surface area contributed by atoms with Crippen LogP contribution in [0.5, 0.6) is 5.75 Å². The van der Waals surface area contributed by atoms with E-state index >= 15 is 0 Å². The number of rotatable bonds is 9. The van der Waals surface area contributed by atoms with Crippen LogP contribution in [0.1, 0.15) is 31.7 Å². The van der Waals surface area contributed by atoms with Crippen molar-refractivity contribution in [3.8, 4) is 5.75 Å². The number of ether oxygens (including phenoxy) is 1. The van der Waals surface area contributed by atoms with Gasteiger partial charge in [0.05, 0.1) is 17.6 Å². The molecule has 1 aromatic heterocycles. The molecule has 0 amide bonds. The van der Waals surface area contributed by atoms with Crippen molar-refractivity contribution in [1.82, 2.24) is 9.13 Å². The highest BCUT2D eigenvalue weighted by atomic mass is 16.5. The van der Waals surface area contributed by atoms with Gasteiger partial charge in [-0.1, -0.05) is 50.1 Å². The SMILES string of the molecule is CCCCCn1c(=N)n(CC(O)COc2ccccc2C)c2ccccc21. The molecule has 0 saturated heterocycles. The number of nitrogens with zero attached hydrogens (tertiary/aromatic N) is 2. The summed E-state index contributed by atoms with van der Waals surface area (Å²) in [7, 11) is 0. The van der Waals surface area contributed by atoms with Crippen LogP contribution in [-0.2, 0) is 13.1 Å². The second-order valence-corrected chi connectivity index (χ2v) is 7.01. The second kappa shape index (κ2) is 8.91. The third-order valence-electron chi connectivity index (χ3n) is 4.88. The van der Waals surface area contributed by atoms with E-state index in [4.69, 9.17) is 10.1 Å². The topological polar surface area (TPSA) is 63.2 Å². The van der Waals surface area contributed by atoms with Gasteiger partial charge in [-0.3, -0.25) is 5.41 Å². The van der Waals surface area contributed by atoms with E-state index in [0.29, 0.717) is 12.2 Å². The molecule has 0 aliphatic heterocycles. The highest BCUT2D eigenvalue weighted by Crippen LogP contribution is 2.17. The molecule has 0 spiro atoms. The lowest BCUT2D eigenvalue weighted by Crippen LogP contribution is -2.31. The zero-order valence-electron chi connectivity index (χ0n) is 16.2. The minimum absolute atomic E-state index is 0.201. The van der Waals surface area contributed by atoms with Crippen LogP contribution < -0.4 is 10.4 Å². The summed E-state index contributed by atoms with van der Waals surface area (Å²) < 4.78 is 9.70. The third-order valence-corrected chi connectivity index (χ3v) is 4.88. The van der Waals surface area contributed by atoms with Gasteiger partial charge in [0, 0.05) is 6.54 Å². The number of imidazole rings is 1. The lowest BCUT2D eigenvalue weighted by atomic mass is 10.2. The highest BCUT2D eigenvalue weighted by Gasteiger charge is 2.14. The van der Waals surface area contributed by atoms with Gasteiger partial charge in [0.2, 0.25) is 5.62 Å². The quantitative estimate of drug-likeness (QED) is 0.564. The normalized spacial score (nSPS) is 12.4. The van der Waals surface area contributed by atoms with E-state index in [0.717, 1.165) is 48.2 Å². The number of unbranched alkanes of at least 4 members (excludes halogenated alkanes) is 2. The van der Waals surface area contributed by atoms with E-state index in [-0.39, 0.29) is 6.61 Å². The largest absolute Gasteiger partial charge is 0.491 e. The molecule has 0 fully saturated rings. The number of nitrogens with one attached hydrogen (secondary N) is 1. The Balaban J connectivity index is 1.76. The van der Waals surface area contributed by atoms with Crippen LogP contribution in [0.15, 0.2) is 48.5 Å². The number of aromatic nitrogens is 2.